The van der Waals surface area contributed by atoms with Crippen LogP contribution < -0.4 is 10.5 Å². The molecule has 1 aromatic carbocycles. The number of carbonyl (C=O) groups excluding carboxylic acids is 1. The lowest BCUT2D eigenvalue weighted by molar-refractivity contribution is -0.0160. The van der Waals surface area contributed by atoms with Crippen LogP contribution in [0.25, 0.3) is 5.52 Å². The smallest absolute Gasteiger partial charge is 0.260 e. The van der Waals surface area contributed by atoms with Crippen molar-refractivity contribution in [1.82, 2.24) is 19.3 Å². The van der Waals surface area contributed by atoms with Crippen LogP contribution in [0, 0.1) is 18.2 Å². The SMILES string of the molecule is Cc1nc(C(C)c2cc(Cl)c(F)c(C(=O)N3CC4(CCCCC4)C3)c2OC(C)C)n2ccnc(N)c12. The van der Waals surface area contributed by atoms with E-state index < -0.39 is 5.82 Å². The molecule has 36 heavy (non-hydrogen) atoms. The fraction of sp³-hybridized carbons (Fsp3) is 0.519. The van der Waals surface area contributed by atoms with Crippen LogP contribution in [0.4, 0.5) is 10.2 Å². The third-order valence-electron chi connectivity index (χ3n) is 7.66. The second-order valence-corrected chi connectivity index (χ2v) is 11.1. The third kappa shape index (κ3) is 4.09. The number of benzene rings is 1. The number of fused-ring (bicyclic) bond motifs is 1. The first-order valence-electron chi connectivity index (χ1n) is 12.7. The Labute approximate surface area is 215 Å². The zero-order chi connectivity index (χ0) is 25.8. The highest BCUT2D eigenvalue weighted by atomic mass is 35.5. The molecule has 3 heterocycles. The molecule has 1 saturated heterocycles. The van der Waals surface area contributed by atoms with Crippen LogP contribution in [0.2, 0.25) is 5.02 Å². The summed E-state index contributed by atoms with van der Waals surface area (Å²) in [5, 5.41) is -0.108. The van der Waals surface area contributed by atoms with E-state index in [1.54, 1.807) is 23.4 Å². The Balaban J connectivity index is 1.59. The molecule has 5 rings (SSSR count). The maximum Gasteiger partial charge on any atom is 0.260 e. The fourth-order valence-corrected chi connectivity index (χ4v) is 6.11. The number of anilines is 1. The van der Waals surface area contributed by atoms with Gasteiger partial charge in [0.15, 0.2) is 5.82 Å². The first-order valence-corrected chi connectivity index (χ1v) is 13.1. The number of aryl methyl sites for hydroxylation is 1. The minimum Gasteiger partial charge on any atom is -0.490 e. The number of nitrogen functional groups attached to an aromatic ring is 1. The average molecular weight is 514 g/mol. The van der Waals surface area contributed by atoms with Gasteiger partial charge in [-0.15, -0.1) is 0 Å². The van der Waals surface area contributed by atoms with Crippen LogP contribution in [0.15, 0.2) is 18.5 Å². The van der Waals surface area contributed by atoms with Gasteiger partial charge in [0.05, 0.1) is 16.8 Å². The van der Waals surface area contributed by atoms with E-state index in [9.17, 15) is 4.79 Å². The van der Waals surface area contributed by atoms with Crippen molar-refractivity contribution < 1.29 is 13.9 Å². The van der Waals surface area contributed by atoms with Gasteiger partial charge < -0.3 is 15.4 Å². The molecule has 2 N–H and O–H groups in total. The number of hydrogen-bond acceptors (Lipinski definition) is 5. The van der Waals surface area contributed by atoms with E-state index in [1.807, 2.05) is 32.1 Å². The summed E-state index contributed by atoms with van der Waals surface area (Å²) in [6.07, 6.45) is 9.00. The zero-order valence-corrected chi connectivity index (χ0v) is 22.0. The summed E-state index contributed by atoms with van der Waals surface area (Å²) in [6.45, 7) is 8.83. The van der Waals surface area contributed by atoms with Gasteiger partial charge in [-0.1, -0.05) is 37.8 Å². The minimum absolute atomic E-state index is 0.0949. The highest BCUT2D eigenvalue weighted by molar-refractivity contribution is 6.31. The van der Waals surface area contributed by atoms with E-state index in [2.05, 4.69) is 4.98 Å². The second kappa shape index (κ2) is 9.21. The quantitative estimate of drug-likeness (QED) is 0.469. The molecule has 2 aliphatic rings. The van der Waals surface area contributed by atoms with Gasteiger partial charge in [0.1, 0.15) is 28.5 Å². The summed E-state index contributed by atoms with van der Waals surface area (Å²) in [6, 6.07) is 1.55. The maximum absolute atomic E-state index is 15.6. The Kier molecular flexibility index (Phi) is 6.35. The van der Waals surface area contributed by atoms with E-state index in [1.165, 1.54) is 19.3 Å². The van der Waals surface area contributed by atoms with E-state index in [0.717, 1.165) is 18.5 Å². The lowest BCUT2D eigenvalue weighted by atomic mass is 9.68. The Morgan fingerprint density at radius 3 is 2.58 bits per heavy atom. The molecular formula is C27H33ClFN5O2. The van der Waals surface area contributed by atoms with Gasteiger partial charge in [-0.25, -0.2) is 14.4 Å². The first kappa shape index (κ1) is 24.8. The number of aromatic nitrogens is 3. The molecule has 1 unspecified atom stereocenters. The minimum atomic E-state index is -0.740. The van der Waals surface area contributed by atoms with E-state index in [4.69, 9.17) is 27.1 Å². The van der Waals surface area contributed by atoms with E-state index in [-0.39, 0.29) is 39.7 Å². The maximum atomic E-state index is 15.6. The summed E-state index contributed by atoms with van der Waals surface area (Å²) in [7, 11) is 0. The fourth-order valence-electron chi connectivity index (χ4n) is 5.90. The molecule has 1 aliphatic carbocycles. The van der Waals surface area contributed by atoms with Gasteiger partial charge in [-0.2, -0.15) is 0 Å². The topological polar surface area (TPSA) is 85.8 Å². The van der Waals surface area contributed by atoms with Crippen molar-refractivity contribution >= 4 is 28.8 Å². The predicted octanol–water partition coefficient (Wildman–Crippen LogP) is 5.76. The average Bonchev–Trinajstić information content (AvgIpc) is 3.17. The summed E-state index contributed by atoms with van der Waals surface area (Å²) in [5.74, 6) is -0.195. The van der Waals surface area contributed by atoms with Crippen molar-refractivity contribution in [3.05, 3.63) is 51.9 Å². The summed E-state index contributed by atoms with van der Waals surface area (Å²) in [4.78, 5) is 24.4. The molecule has 9 heteroatoms. The van der Waals surface area contributed by atoms with E-state index >= 15 is 4.39 Å². The molecule has 2 fully saturated rings. The van der Waals surface area contributed by atoms with Crippen LogP contribution in [-0.2, 0) is 0 Å². The van der Waals surface area contributed by atoms with Crippen molar-refractivity contribution in [2.75, 3.05) is 18.8 Å². The Morgan fingerprint density at radius 1 is 1.22 bits per heavy atom. The Hall–Kier alpha value is -2.87. The second-order valence-electron chi connectivity index (χ2n) is 10.7. The number of nitrogens with zero attached hydrogens (tertiary/aromatic N) is 4. The predicted molar refractivity (Wildman–Crippen MR) is 138 cm³/mol. The number of carbonyl (C=O) groups is 1. The molecular weight excluding hydrogens is 481 g/mol. The number of likely N-dealkylation sites (tertiary alicyclic amines) is 1. The molecule has 1 atom stereocenters. The molecule has 1 amide bonds. The molecule has 1 spiro atoms. The van der Waals surface area contributed by atoms with Gasteiger partial charge in [0.2, 0.25) is 0 Å². The molecule has 0 radical (unpaired) electrons. The first-order chi connectivity index (χ1) is 17.1. The van der Waals surface area contributed by atoms with Crippen molar-refractivity contribution in [3.63, 3.8) is 0 Å². The lowest BCUT2D eigenvalue weighted by Crippen LogP contribution is -2.59. The summed E-state index contributed by atoms with van der Waals surface area (Å²) < 4.78 is 23.6. The van der Waals surface area contributed by atoms with Crippen molar-refractivity contribution in [2.45, 2.75) is 71.8 Å². The molecule has 1 saturated carbocycles. The van der Waals surface area contributed by atoms with Crippen molar-refractivity contribution in [3.8, 4) is 5.75 Å². The standard InChI is InChI=1S/C27H33ClFN5O2/c1-15(2)36-23-18(16(3)25-32-17(4)22-24(30)31-10-11-34(22)25)12-19(28)21(29)20(23)26(35)33-13-27(14-33)8-6-5-7-9-27/h10-12,15-16H,5-9,13-14H2,1-4H3,(H2,30,31). The molecule has 0 bridgehead atoms. The molecule has 3 aromatic rings. The lowest BCUT2D eigenvalue weighted by Gasteiger charge is -2.52. The molecule has 7 nitrogen and oxygen atoms in total. The van der Waals surface area contributed by atoms with Gasteiger partial charge in [0, 0.05) is 42.4 Å². The number of ether oxygens (including phenoxy) is 1. The van der Waals surface area contributed by atoms with Crippen molar-refractivity contribution in [2.24, 2.45) is 5.41 Å². The normalized spacial score (nSPS) is 18.0. The molecule has 1 aliphatic heterocycles. The summed E-state index contributed by atoms with van der Waals surface area (Å²) >= 11 is 6.40. The highest BCUT2D eigenvalue weighted by Gasteiger charge is 2.46. The Morgan fingerprint density at radius 2 is 1.92 bits per heavy atom. The Bertz CT molecular complexity index is 1320. The summed E-state index contributed by atoms with van der Waals surface area (Å²) in [5.41, 5.74) is 8.25. The van der Waals surface area contributed by atoms with Gasteiger partial charge >= 0.3 is 0 Å². The van der Waals surface area contributed by atoms with Crippen LogP contribution in [0.5, 0.6) is 5.75 Å². The number of rotatable bonds is 5. The van der Waals surface area contributed by atoms with Crippen LogP contribution >= 0.6 is 11.6 Å². The van der Waals surface area contributed by atoms with Gasteiger partial charge in [-0.3, -0.25) is 9.20 Å². The zero-order valence-electron chi connectivity index (χ0n) is 21.3. The number of hydrogen-bond donors (Lipinski definition) is 1. The van der Waals surface area contributed by atoms with Crippen LogP contribution in [0.1, 0.15) is 86.2 Å². The van der Waals surface area contributed by atoms with Crippen LogP contribution in [-0.4, -0.2) is 44.4 Å². The number of halogens is 2. The molecule has 192 valence electrons. The van der Waals surface area contributed by atoms with Crippen LogP contribution in [0.3, 0.4) is 0 Å². The van der Waals surface area contributed by atoms with E-state index in [0.29, 0.717) is 35.8 Å². The van der Waals surface area contributed by atoms with Gasteiger partial charge in [-0.05, 0) is 39.7 Å². The third-order valence-corrected chi connectivity index (χ3v) is 7.94. The van der Waals surface area contributed by atoms with Gasteiger partial charge in [0.25, 0.3) is 5.91 Å². The molecule has 2 aromatic heterocycles. The number of nitrogens with two attached hydrogens (primary N) is 1. The largest absolute Gasteiger partial charge is 0.490 e. The number of imidazole rings is 1. The number of amides is 1. The van der Waals surface area contributed by atoms with Crippen molar-refractivity contribution in [1.29, 1.82) is 0 Å². The monoisotopic (exact) mass is 513 g/mol. The highest BCUT2D eigenvalue weighted by Crippen LogP contribution is 2.46.